The summed E-state index contributed by atoms with van der Waals surface area (Å²) in [7, 11) is 0. The summed E-state index contributed by atoms with van der Waals surface area (Å²) in [4.78, 5) is 19.9. The summed E-state index contributed by atoms with van der Waals surface area (Å²) in [6.07, 6.45) is -0.991. The Labute approximate surface area is 88.8 Å². The molecule has 2 N–H and O–H groups in total. The summed E-state index contributed by atoms with van der Waals surface area (Å²) in [5.41, 5.74) is 0. The van der Waals surface area contributed by atoms with Crippen LogP contribution in [0.2, 0.25) is 0 Å². The normalized spacial score (nSPS) is 10.9. The molecule has 90 valence electrons. The second kappa shape index (κ2) is 10.9. The molecule has 0 aliphatic rings. The maximum Gasteiger partial charge on any atom is 0.334 e. The molecule has 6 heteroatoms. The summed E-state index contributed by atoms with van der Waals surface area (Å²) >= 11 is 0. The van der Waals surface area contributed by atoms with Gasteiger partial charge < -0.3 is 19.7 Å². The lowest BCUT2D eigenvalue weighted by Crippen LogP contribution is -2.18. The van der Waals surface area contributed by atoms with E-state index in [2.05, 4.69) is 9.47 Å². The number of aliphatic carboxylic acids is 1. The minimum atomic E-state index is -0.991. The van der Waals surface area contributed by atoms with Crippen molar-refractivity contribution in [3.63, 3.8) is 0 Å². The van der Waals surface area contributed by atoms with Crippen LogP contribution in [0.4, 0.5) is 0 Å². The highest BCUT2D eigenvalue weighted by Gasteiger charge is 2.07. The fourth-order valence-corrected chi connectivity index (χ4v) is 0.452. The van der Waals surface area contributed by atoms with Gasteiger partial charge in [-0.2, -0.15) is 0 Å². The summed E-state index contributed by atoms with van der Waals surface area (Å²) in [5.74, 6) is -1.48. The zero-order valence-electron chi connectivity index (χ0n) is 9.23. The predicted octanol–water partition coefficient (Wildman–Crippen LogP) is 0.0378. The minimum Gasteiger partial charge on any atom is -0.480 e. The molecule has 15 heavy (non-hydrogen) atoms. The van der Waals surface area contributed by atoms with Crippen molar-refractivity contribution in [2.45, 2.75) is 26.9 Å². The van der Waals surface area contributed by atoms with Crippen LogP contribution in [0, 0.1) is 0 Å². The third kappa shape index (κ3) is 15.6. The standard InChI is InChI=1S/C5H10O3.C4H8O3/c1-3-8-5(7)4(2)6;1-2-7-3-4(5)6/h4,6H,3H2,1-2H3;2-3H2,1H3,(H,5,6). The fraction of sp³-hybridized carbons (Fsp3) is 0.778. The number of hydrogen-bond donors (Lipinski definition) is 2. The molecule has 0 aromatic carbocycles. The van der Waals surface area contributed by atoms with Gasteiger partial charge in [0.15, 0.2) is 0 Å². The fourth-order valence-electron chi connectivity index (χ4n) is 0.452. The molecule has 0 rings (SSSR count). The van der Waals surface area contributed by atoms with E-state index in [1.165, 1.54) is 6.92 Å². The van der Waals surface area contributed by atoms with Crippen molar-refractivity contribution in [3.8, 4) is 0 Å². The monoisotopic (exact) mass is 222 g/mol. The summed E-state index contributed by atoms with van der Waals surface area (Å²) in [6.45, 7) is 5.42. The van der Waals surface area contributed by atoms with Crippen molar-refractivity contribution in [1.29, 1.82) is 0 Å². The van der Waals surface area contributed by atoms with Gasteiger partial charge >= 0.3 is 11.9 Å². The molecule has 0 bridgehead atoms. The Balaban J connectivity index is 0. The van der Waals surface area contributed by atoms with Crippen LogP contribution in [0.15, 0.2) is 0 Å². The Morgan fingerprint density at radius 3 is 1.93 bits per heavy atom. The number of carbonyl (C=O) groups excluding carboxylic acids is 1. The highest BCUT2D eigenvalue weighted by atomic mass is 16.5. The van der Waals surface area contributed by atoms with Gasteiger partial charge in [-0.15, -0.1) is 0 Å². The molecule has 0 spiro atoms. The Bertz CT molecular complexity index is 177. The average molecular weight is 222 g/mol. The van der Waals surface area contributed by atoms with Gasteiger partial charge in [0.2, 0.25) is 0 Å². The number of ether oxygens (including phenoxy) is 2. The van der Waals surface area contributed by atoms with E-state index in [0.717, 1.165) is 0 Å². The molecule has 1 unspecified atom stereocenters. The van der Waals surface area contributed by atoms with Crippen LogP contribution >= 0.6 is 0 Å². The number of aliphatic hydroxyl groups is 1. The van der Waals surface area contributed by atoms with Crippen molar-refractivity contribution >= 4 is 11.9 Å². The molecule has 0 radical (unpaired) electrons. The molecule has 6 nitrogen and oxygen atoms in total. The van der Waals surface area contributed by atoms with Crippen molar-refractivity contribution in [3.05, 3.63) is 0 Å². The van der Waals surface area contributed by atoms with Crippen LogP contribution in [0.1, 0.15) is 20.8 Å². The van der Waals surface area contributed by atoms with Gasteiger partial charge in [-0.25, -0.2) is 9.59 Å². The first kappa shape index (κ1) is 16.3. The second-order valence-electron chi connectivity index (χ2n) is 2.46. The topological polar surface area (TPSA) is 93.1 Å². The number of aliphatic hydroxyl groups excluding tert-OH is 1. The lowest BCUT2D eigenvalue weighted by molar-refractivity contribution is -0.151. The number of rotatable bonds is 5. The SMILES string of the molecule is CCOC(=O)C(C)O.CCOCC(=O)O. The average Bonchev–Trinajstić information content (AvgIpc) is 2.16. The molecule has 0 fully saturated rings. The molecule has 0 heterocycles. The number of carbonyl (C=O) groups is 2. The molecular weight excluding hydrogens is 204 g/mol. The van der Waals surface area contributed by atoms with Gasteiger partial charge in [0.25, 0.3) is 0 Å². The Morgan fingerprint density at radius 1 is 1.27 bits per heavy atom. The van der Waals surface area contributed by atoms with Gasteiger partial charge in [0.05, 0.1) is 6.61 Å². The van der Waals surface area contributed by atoms with E-state index < -0.39 is 18.0 Å². The van der Waals surface area contributed by atoms with Crippen LogP contribution in [-0.4, -0.2) is 48.1 Å². The van der Waals surface area contributed by atoms with E-state index in [0.29, 0.717) is 13.2 Å². The van der Waals surface area contributed by atoms with Crippen LogP contribution in [-0.2, 0) is 19.1 Å². The summed E-state index contributed by atoms with van der Waals surface area (Å²) in [6, 6.07) is 0. The van der Waals surface area contributed by atoms with Gasteiger partial charge in [-0.3, -0.25) is 0 Å². The Kier molecular flexibility index (Phi) is 11.9. The first-order valence-corrected chi connectivity index (χ1v) is 4.59. The maximum atomic E-state index is 10.3. The van der Waals surface area contributed by atoms with E-state index in [-0.39, 0.29) is 6.61 Å². The first-order chi connectivity index (χ1) is 6.95. The summed E-state index contributed by atoms with van der Waals surface area (Å²) in [5, 5.41) is 16.4. The zero-order valence-corrected chi connectivity index (χ0v) is 9.23. The first-order valence-electron chi connectivity index (χ1n) is 4.59. The third-order valence-corrected chi connectivity index (χ3v) is 1.06. The number of esters is 1. The number of carboxylic acid groups (broad SMARTS) is 1. The highest BCUT2D eigenvalue weighted by molar-refractivity contribution is 5.73. The lowest BCUT2D eigenvalue weighted by atomic mass is 10.4. The largest absolute Gasteiger partial charge is 0.480 e. The van der Waals surface area contributed by atoms with E-state index in [9.17, 15) is 9.59 Å². The van der Waals surface area contributed by atoms with Crippen LogP contribution in [0.25, 0.3) is 0 Å². The van der Waals surface area contributed by atoms with E-state index in [4.69, 9.17) is 10.2 Å². The maximum absolute atomic E-state index is 10.3. The molecule has 0 aliphatic heterocycles. The van der Waals surface area contributed by atoms with Crippen molar-refractivity contribution < 1.29 is 29.3 Å². The van der Waals surface area contributed by atoms with Gasteiger partial charge in [0.1, 0.15) is 12.7 Å². The van der Waals surface area contributed by atoms with Crippen molar-refractivity contribution in [2.24, 2.45) is 0 Å². The summed E-state index contributed by atoms with van der Waals surface area (Å²) < 4.78 is 8.91. The van der Waals surface area contributed by atoms with E-state index in [1.807, 2.05) is 0 Å². The van der Waals surface area contributed by atoms with Crippen molar-refractivity contribution in [1.82, 2.24) is 0 Å². The van der Waals surface area contributed by atoms with Crippen LogP contribution in [0.3, 0.4) is 0 Å². The van der Waals surface area contributed by atoms with Crippen LogP contribution in [0.5, 0.6) is 0 Å². The van der Waals surface area contributed by atoms with Crippen molar-refractivity contribution in [2.75, 3.05) is 19.8 Å². The van der Waals surface area contributed by atoms with Gasteiger partial charge in [0, 0.05) is 6.61 Å². The molecule has 0 aromatic heterocycles. The lowest BCUT2D eigenvalue weighted by Gasteiger charge is -2.01. The quantitative estimate of drug-likeness (QED) is 0.638. The Morgan fingerprint density at radius 2 is 1.80 bits per heavy atom. The number of hydrogen-bond acceptors (Lipinski definition) is 5. The minimum absolute atomic E-state index is 0.184. The highest BCUT2D eigenvalue weighted by Crippen LogP contribution is 1.84. The smallest absolute Gasteiger partial charge is 0.334 e. The van der Waals surface area contributed by atoms with E-state index in [1.54, 1.807) is 13.8 Å². The molecule has 1 atom stereocenters. The second-order valence-corrected chi connectivity index (χ2v) is 2.46. The van der Waals surface area contributed by atoms with E-state index >= 15 is 0 Å². The third-order valence-electron chi connectivity index (χ3n) is 1.06. The molecule has 0 saturated heterocycles. The van der Waals surface area contributed by atoms with Crippen LogP contribution < -0.4 is 0 Å². The molecule has 0 amide bonds. The molecule has 0 aliphatic carbocycles. The van der Waals surface area contributed by atoms with Gasteiger partial charge in [-0.05, 0) is 20.8 Å². The Hall–Kier alpha value is -1.14. The number of carboxylic acids is 1. The zero-order chi connectivity index (χ0) is 12.3. The molecular formula is C9H18O6. The molecule has 0 saturated carbocycles. The molecule has 0 aromatic rings. The van der Waals surface area contributed by atoms with Gasteiger partial charge in [-0.1, -0.05) is 0 Å². The predicted molar refractivity (Wildman–Crippen MR) is 52.4 cm³/mol.